The first-order valence-electron chi connectivity index (χ1n) is 5.70. The number of aliphatic imine (C=N–C) groups is 1. The lowest BCUT2D eigenvalue weighted by Gasteiger charge is -2.06. The van der Waals surface area contributed by atoms with Crippen molar-refractivity contribution in [2.24, 2.45) is 10.7 Å². The van der Waals surface area contributed by atoms with Gasteiger partial charge in [-0.25, -0.2) is 9.97 Å². The van der Waals surface area contributed by atoms with Gasteiger partial charge in [-0.05, 0) is 24.6 Å². The van der Waals surface area contributed by atoms with Crippen LogP contribution >= 0.6 is 0 Å². The molecule has 0 aliphatic carbocycles. The Kier molecular flexibility index (Phi) is 3.85. The van der Waals surface area contributed by atoms with Crippen LogP contribution in [0, 0.1) is 17.0 Å². The Morgan fingerprint density at radius 2 is 2.05 bits per heavy atom. The van der Waals surface area contributed by atoms with Gasteiger partial charge in [0.1, 0.15) is 5.82 Å². The topological polar surface area (TPSA) is 119 Å². The van der Waals surface area contributed by atoms with Gasteiger partial charge < -0.3 is 11.1 Å². The predicted molar refractivity (Wildman–Crippen MR) is 74.8 cm³/mol. The van der Waals surface area contributed by atoms with Crippen LogP contribution in [0.1, 0.15) is 5.56 Å². The molecule has 0 spiro atoms. The van der Waals surface area contributed by atoms with E-state index in [0.717, 1.165) is 5.56 Å². The SMILES string of the molecule is Cc1cccnc1N/C(N)=N/c1ncccc1[N+](=O)[O-]. The summed E-state index contributed by atoms with van der Waals surface area (Å²) in [5.74, 6) is 0.456. The minimum absolute atomic E-state index is 0.0198. The maximum absolute atomic E-state index is 10.8. The second kappa shape index (κ2) is 5.74. The molecule has 2 aromatic heterocycles. The second-order valence-electron chi connectivity index (χ2n) is 3.89. The molecule has 0 bridgehead atoms. The lowest BCUT2D eigenvalue weighted by Crippen LogP contribution is -2.23. The number of guanidine groups is 1. The van der Waals surface area contributed by atoms with Gasteiger partial charge >= 0.3 is 5.69 Å². The van der Waals surface area contributed by atoms with E-state index < -0.39 is 4.92 Å². The number of nitrogens with zero attached hydrogens (tertiary/aromatic N) is 4. The van der Waals surface area contributed by atoms with Crippen LogP contribution in [-0.4, -0.2) is 20.9 Å². The summed E-state index contributed by atoms with van der Waals surface area (Å²) in [6, 6.07) is 6.41. The van der Waals surface area contributed by atoms with Gasteiger partial charge in [-0.3, -0.25) is 10.1 Å². The summed E-state index contributed by atoms with van der Waals surface area (Å²) >= 11 is 0. The van der Waals surface area contributed by atoms with E-state index in [0.29, 0.717) is 5.82 Å². The van der Waals surface area contributed by atoms with Crippen molar-refractivity contribution in [1.82, 2.24) is 9.97 Å². The molecule has 8 nitrogen and oxygen atoms in total. The molecule has 0 saturated heterocycles. The summed E-state index contributed by atoms with van der Waals surface area (Å²) in [5, 5.41) is 13.6. The molecular formula is C12H12N6O2. The van der Waals surface area contributed by atoms with Crippen molar-refractivity contribution in [1.29, 1.82) is 0 Å². The van der Waals surface area contributed by atoms with Crippen LogP contribution in [-0.2, 0) is 0 Å². The number of anilines is 1. The molecule has 0 aliphatic rings. The third-order valence-corrected chi connectivity index (χ3v) is 2.45. The average Bonchev–Trinajstić information content (AvgIpc) is 2.41. The zero-order valence-corrected chi connectivity index (χ0v) is 10.6. The van der Waals surface area contributed by atoms with Crippen molar-refractivity contribution >= 4 is 23.3 Å². The molecule has 2 rings (SSSR count). The zero-order valence-electron chi connectivity index (χ0n) is 10.6. The van der Waals surface area contributed by atoms with Gasteiger partial charge in [-0.1, -0.05) is 6.07 Å². The molecule has 0 amide bonds. The largest absolute Gasteiger partial charge is 0.369 e. The van der Waals surface area contributed by atoms with Crippen molar-refractivity contribution in [3.8, 4) is 0 Å². The monoisotopic (exact) mass is 272 g/mol. The highest BCUT2D eigenvalue weighted by Gasteiger charge is 2.13. The van der Waals surface area contributed by atoms with Gasteiger partial charge in [0.25, 0.3) is 0 Å². The fourth-order valence-electron chi connectivity index (χ4n) is 1.50. The van der Waals surface area contributed by atoms with Gasteiger partial charge in [-0.15, -0.1) is 0 Å². The van der Waals surface area contributed by atoms with Crippen LogP contribution in [0.4, 0.5) is 17.3 Å². The third kappa shape index (κ3) is 3.05. The summed E-state index contributed by atoms with van der Waals surface area (Å²) in [4.78, 5) is 22.1. The summed E-state index contributed by atoms with van der Waals surface area (Å²) in [6.45, 7) is 1.85. The number of aromatic nitrogens is 2. The van der Waals surface area contributed by atoms with E-state index in [-0.39, 0.29) is 17.5 Å². The third-order valence-electron chi connectivity index (χ3n) is 2.45. The number of pyridine rings is 2. The first-order chi connectivity index (χ1) is 9.58. The lowest BCUT2D eigenvalue weighted by atomic mass is 10.3. The van der Waals surface area contributed by atoms with E-state index in [1.54, 1.807) is 12.3 Å². The van der Waals surface area contributed by atoms with Crippen molar-refractivity contribution in [3.05, 3.63) is 52.3 Å². The van der Waals surface area contributed by atoms with E-state index in [4.69, 9.17) is 5.73 Å². The number of aryl methyl sites for hydroxylation is 1. The lowest BCUT2D eigenvalue weighted by molar-refractivity contribution is -0.384. The number of rotatable bonds is 3. The normalized spacial score (nSPS) is 11.2. The first-order valence-corrected chi connectivity index (χ1v) is 5.70. The Balaban J connectivity index is 2.28. The smallest absolute Gasteiger partial charge is 0.313 e. The molecule has 3 N–H and O–H groups in total. The first kappa shape index (κ1) is 13.4. The summed E-state index contributed by atoms with van der Waals surface area (Å²) < 4.78 is 0. The summed E-state index contributed by atoms with van der Waals surface area (Å²) in [6.07, 6.45) is 3.01. The highest BCUT2D eigenvalue weighted by molar-refractivity contribution is 5.93. The molecule has 0 aliphatic heterocycles. The molecular weight excluding hydrogens is 260 g/mol. The number of hydrogen-bond donors (Lipinski definition) is 2. The highest BCUT2D eigenvalue weighted by Crippen LogP contribution is 2.23. The Morgan fingerprint density at radius 3 is 2.75 bits per heavy atom. The maximum atomic E-state index is 10.8. The van der Waals surface area contributed by atoms with Crippen molar-refractivity contribution < 1.29 is 4.92 Å². The summed E-state index contributed by atoms with van der Waals surface area (Å²) in [7, 11) is 0. The maximum Gasteiger partial charge on any atom is 0.313 e. The van der Waals surface area contributed by atoms with Crippen molar-refractivity contribution in [2.45, 2.75) is 6.92 Å². The molecule has 0 unspecified atom stereocenters. The van der Waals surface area contributed by atoms with Gasteiger partial charge in [0.2, 0.25) is 11.8 Å². The van der Waals surface area contributed by atoms with Crippen molar-refractivity contribution in [3.63, 3.8) is 0 Å². The molecule has 102 valence electrons. The Hall–Kier alpha value is -3.03. The number of nitrogens with one attached hydrogen (secondary N) is 1. The van der Waals surface area contributed by atoms with E-state index in [9.17, 15) is 10.1 Å². The van der Waals surface area contributed by atoms with E-state index >= 15 is 0 Å². The van der Waals surface area contributed by atoms with E-state index in [2.05, 4.69) is 20.3 Å². The summed E-state index contributed by atoms with van der Waals surface area (Å²) in [5.41, 5.74) is 6.38. The van der Waals surface area contributed by atoms with Gasteiger partial charge in [0, 0.05) is 18.5 Å². The van der Waals surface area contributed by atoms with Gasteiger partial charge in [0.15, 0.2) is 0 Å². The van der Waals surface area contributed by atoms with E-state index in [1.165, 1.54) is 18.3 Å². The number of hydrogen-bond acceptors (Lipinski definition) is 5. The molecule has 2 aromatic rings. The highest BCUT2D eigenvalue weighted by atomic mass is 16.6. The van der Waals surface area contributed by atoms with Crippen LogP contribution < -0.4 is 11.1 Å². The van der Waals surface area contributed by atoms with Crippen LogP contribution in [0.5, 0.6) is 0 Å². The molecule has 0 aromatic carbocycles. The fourth-order valence-corrected chi connectivity index (χ4v) is 1.50. The fraction of sp³-hybridized carbons (Fsp3) is 0.0833. The van der Waals surface area contributed by atoms with Crippen molar-refractivity contribution in [2.75, 3.05) is 5.32 Å². The molecule has 0 saturated carbocycles. The van der Waals surface area contributed by atoms with Crippen LogP contribution in [0.2, 0.25) is 0 Å². The predicted octanol–water partition coefficient (Wildman–Crippen LogP) is 1.75. The molecule has 2 heterocycles. The Bertz CT molecular complexity index is 671. The molecule has 0 atom stereocenters. The van der Waals surface area contributed by atoms with Crippen LogP contribution in [0.25, 0.3) is 0 Å². The minimum atomic E-state index is -0.564. The number of nitro groups is 1. The standard InChI is InChI=1S/C12H12N6O2/c1-8-4-2-6-14-10(8)16-12(13)17-11-9(18(19)20)5-3-7-15-11/h2-7H,1H3,(H3,13,14,15,16,17). The quantitative estimate of drug-likeness (QED) is 0.380. The van der Waals surface area contributed by atoms with Gasteiger partial charge in [0.05, 0.1) is 4.92 Å². The van der Waals surface area contributed by atoms with Crippen LogP contribution in [0.15, 0.2) is 41.7 Å². The Labute approximate surface area is 114 Å². The average molecular weight is 272 g/mol. The number of nitrogens with two attached hydrogens (primary N) is 1. The Morgan fingerprint density at radius 1 is 1.35 bits per heavy atom. The van der Waals surface area contributed by atoms with E-state index in [1.807, 2.05) is 13.0 Å². The zero-order chi connectivity index (χ0) is 14.5. The molecule has 8 heteroatoms. The minimum Gasteiger partial charge on any atom is -0.369 e. The van der Waals surface area contributed by atoms with Crippen LogP contribution in [0.3, 0.4) is 0 Å². The molecule has 0 radical (unpaired) electrons. The molecule has 0 fully saturated rings. The molecule has 20 heavy (non-hydrogen) atoms. The second-order valence-corrected chi connectivity index (χ2v) is 3.89. The van der Waals surface area contributed by atoms with Gasteiger partial charge in [-0.2, -0.15) is 4.99 Å².